The Bertz CT molecular complexity index is 1460. The van der Waals surface area contributed by atoms with Crippen molar-refractivity contribution in [3.63, 3.8) is 0 Å². The normalized spacial score (nSPS) is 12.4. The molecule has 0 aliphatic rings. The van der Waals surface area contributed by atoms with Crippen molar-refractivity contribution in [3.05, 3.63) is 100.0 Å². The third kappa shape index (κ3) is 3.96. The number of benzene rings is 2. The number of nitrogens with zero attached hydrogens (tertiary/aromatic N) is 3. The molecule has 0 fully saturated rings. The molecule has 3 heterocycles. The first-order valence-corrected chi connectivity index (χ1v) is 12.4. The molecule has 160 valence electrons. The average molecular weight is 458 g/mol. The predicted octanol–water partition coefficient (Wildman–Crippen LogP) is 6.41. The fourth-order valence-electron chi connectivity index (χ4n) is 3.89. The van der Waals surface area contributed by atoms with Crippen molar-refractivity contribution in [2.45, 2.75) is 37.2 Å². The Balaban J connectivity index is 1.61. The van der Waals surface area contributed by atoms with Crippen LogP contribution in [0.25, 0.3) is 20.4 Å². The fraction of sp³-hybridized carbons (Fsp3) is 0.192. The second-order valence-corrected chi connectivity index (χ2v) is 9.91. The highest BCUT2D eigenvalue weighted by Gasteiger charge is 2.19. The molecule has 0 saturated carbocycles. The summed E-state index contributed by atoms with van der Waals surface area (Å²) < 4.78 is 2.54. The lowest BCUT2D eigenvalue weighted by atomic mass is 10.0. The Morgan fingerprint density at radius 3 is 2.62 bits per heavy atom. The molecule has 32 heavy (non-hydrogen) atoms. The van der Waals surface area contributed by atoms with Crippen LogP contribution in [0.2, 0.25) is 0 Å². The number of aryl methyl sites for hydroxylation is 1. The van der Waals surface area contributed by atoms with Gasteiger partial charge in [0.1, 0.15) is 9.53 Å². The zero-order valence-electron chi connectivity index (χ0n) is 18.0. The van der Waals surface area contributed by atoms with E-state index in [1.165, 1.54) is 28.0 Å². The Labute approximate surface area is 195 Å². The number of aromatic nitrogens is 3. The molecule has 0 spiro atoms. The van der Waals surface area contributed by atoms with Crippen LogP contribution >= 0.6 is 23.1 Å². The van der Waals surface area contributed by atoms with Gasteiger partial charge in [0.2, 0.25) is 0 Å². The lowest BCUT2D eigenvalue weighted by Crippen LogP contribution is -2.25. The van der Waals surface area contributed by atoms with E-state index in [2.05, 4.69) is 55.2 Å². The van der Waals surface area contributed by atoms with E-state index < -0.39 is 0 Å². The Kier molecular flexibility index (Phi) is 5.81. The zero-order chi connectivity index (χ0) is 22.1. The van der Waals surface area contributed by atoms with Crippen molar-refractivity contribution in [1.29, 1.82) is 0 Å². The van der Waals surface area contributed by atoms with Gasteiger partial charge in [0.25, 0.3) is 5.56 Å². The summed E-state index contributed by atoms with van der Waals surface area (Å²) in [4.78, 5) is 24.0. The molecule has 2 aromatic carbocycles. The number of fused-ring (bicyclic) bond motifs is 3. The van der Waals surface area contributed by atoms with Crippen LogP contribution in [0.5, 0.6) is 0 Å². The molecule has 0 bridgehead atoms. The van der Waals surface area contributed by atoms with Gasteiger partial charge in [0.15, 0.2) is 5.16 Å². The minimum absolute atomic E-state index is 0.0214. The average Bonchev–Trinajstić information content (AvgIpc) is 3.20. The van der Waals surface area contributed by atoms with Crippen molar-refractivity contribution in [1.82, 2.24) is 14.5 Å². The number of thioether (sulfide) groups is 1. The SMILES string of the molecule is Cc1ccccc1CSc1nc2c(sc3ncccc32)c(=O)n1C[C@@H](C)c1ccccc1. The van der Waals surface area contributed by atoms with Crippen LogP contribution in [0.3, 0.4) is 0 Å². The number of hydrogen-bond donors (Lipinski definition) is 0. The fourth-order valence-corrected chi connectivity index (χ4v) is 6.00. The smallest absolute Gasteiger partial charge is 0.272 e. The van der Waals surface area contributed by atoms with Crippen molar-refractivity contribution in [2.75, 3.05) is 0 Å². The van der Waals surface area contributed by atoms with Gasteiger partial charge in [-0.2, -0.15) is 0 Å². The first kappa shape index (κ1) is 20.9. The van der Waals surface area contributed by atoms with Crippen LogP contribution in [0.4, 0.5) is 0 Å². The maximum atomic E-state index is 13.7. The molecule has 1 atom stereocenters. The summed E-state index contributed by atoms with van der Waals surface area (Å²) in [5, 5.41) is 1.71. The molecular formula is C26H23N3OS2. The van der Waals surface area contributed by atoms with Crippen molar-refractivity contribution in [3.8, 4) is 0 Å². The van der Waals surface area contributed by atoms with E-state index in [0.717, 1.165) is 26.6 Å². The van der Waals surface area contributed by atoms with E-state index in [9.17, 15) is 4.79 Å². The molecule has 0 aliphatic heterocycles. The monoisotopic (exact) mass is 457 g/mol. The van der Waals surface area contributed by atoms with Crippen LogP contribution in [-0.4, -0.2) is 14.5 Å². The van der Waals surface area contributed by atoms with Gasteiger partial charge in [-0.05, 0) is 41.7 Å². The third-order valence-corrected chi connectivity index (χ3v) is 7.88. The summed E-state index contributed by atoms with van der Waals surface area (Å²) >= 11 is 3.06. The van der Waals surface area contributed by atoms with Gasteiger partial charge in [-0.15, -0.1) is 11.3 Å². The second kappa shape index (κ2) is 8.88. The molecular weight excluding hydrogens is 434 g/mol. The standard InChI is InChI=1S/C26H23N3OS2/c1-17-9-6-7-12-20(17)16-31-26-28-22-21-13-8-14-27-24(21)32-23(22)25(30)29(26)15-18(2)19-10-4-3-5-11-19/h3-14,18H,15-16H2,1-2H3/t18-/m1/s1. The first-order valence-electron chi connectivity index (χ1n) is 10.6. The molecule has 0 N–H and O–H groups in total. The quantitative estimate of drug-likeness (QED) is 0.218. The summed E-state index contributed by atoms with van der Waals surface area (Å²) in [5.41, 5.74) is 4.50. The zero-order valence-corrected chi connectivity index (χ0v) is 19.6. The molecule has 0 radical (unpaired) electrons. The van der Waals surface area contributed by atoms with Crippen molar-refractivity contribution in [2.24, 2.45) is 0 Å². The van der Waals surface area contributed by atoms with Gasteiger partial charge in [-0.3, -0.25) is 9.36 Å². The van der Waals surface area contributed by atoms with E-state index in [1.807, 2.05) is 34.9 Å². The highest BCUT2D eigenvalue weighted by Crippen LogP contribution is 2.32. The van der Waals surface area contributed by atoms with Crippen LogP contribution < -0.4 is 5.56 Å². The highest BCUT2D eigenvalue weighted by molar-refractivity contribution is 7.98. The summed E-state index contributed by atoms with van der Waals surface area (Å²) in [6, 6.07) is 22.6. The Morgan fingerprint density at radius 2 is 1.81 bits per heavy atom. The van der Waals surface area contributed by atoms with Gasteiger partial charge < -0.3 is 0 Å². The van der Waals surface area contributed by atoms with Crippen molar-refractivity contribution < 1.29 is 0 Å². The molecule has 4 nitrogen and oxygen atoms in total. The Morgan fingerprint density at radius 1 is 1.03 bits per heavy atom. The molecule has 6 heteroatoms. The first-order chi connectivity index (χ1) is 15.6. The number of rotatable bonds is 6. The summed E-state index contributed by atoms with van der Waals surface area (Å²) in [6.45, 7) is 4.87. The van der Waals surface area contributed by atoms with Gasteiger partial charge in [0.05, 0.1) is 5.52 Å². The van der Waals surface area contributed by atoms with E-state index in [4.69, 9.17) is 4.98 Å². The van der Waals surface area contributed by atoms with Gasteiger partial charge in [-0.25, -0.2) is 9.97 Å². The summed E-state index contributed by atoms with van der Waals surface area (Å²) in [5.74, 6) is 0.962. The maximum absolute atomic E-state index is 13.7. The van der Waals surface area contributed by atoms with Crippen LogP contribution in [0.15, 0.2) is 82.9 Å². The molecule has 0 saturated heterocycles. The molecule has 5 aromatic rings. The summed E-state index contributed by atoms with van der Waals surface area (Å²) in [6.07, 6.45) is 1.77. The molecule has 3 aromatic heterocycles. The van der Waals surface area contributed by atoms with Gasteiger partial charge in [-0.1, -0.05) is 73.3 Å². The minimum atomic E-state index is 0.0214. The van der Waals surface area contributed by atoms with E-state index >= 15 is 0 Å². The van der Waals surface area contributed by atoms with Crippen LogP contribution in [0, 0.1) is 6.92 Å². The molecule has 5 rings (SSSR count). The minimum Gasteiger partial charge on any atom is -0.286 e. The number of hydrogen-bond acceptors (Lipinski definition) is 5. The molecule has 0 aliphatic carbocycles. The van der Waals surface area contributed by atoms with E-state index in [1.54, 1.807) is 18.0 Å². The van der Waals surface area contributed by atoms with E-state index in [-0.39, 0.29) is 11.5 Å². The predicted molar refractivity (Wildman–Crippen MR) is 135 cm³/mol. The van der Waals surface area contributed by atoms with Crippen LogP contribution in [-0.2, 0) is 12.3 Å². The largest absolute Gasteiger partial charge is 0.286 e. The maximum Gasteiger partial charge on any atom is 0.272 e. The topological polar surface area (TPSA) is 47.8 Å². The van der Waals surface area contributed by atoms with Gasteiger partial charge in [0, 0.05) is 23.9 Å². The lowest BCUT2D eigenvalue weighted by Gasteiger charge is -2.17. The second-order valence-electron chi connectivity index (χ2n) is 7.97. The van der Waals surface area contributed by atoms with Gasteiger partial charge >= 0.3 is 0 Å². The number of thiophene rings is 1. The number of pyridine rings is 1. The molecule has 0 amide bonds. The highest BCUT2D eigenvalue weighted by atomic mass is 32.2. The van der Waals surface area contributed by atoms with Crippen molar-refractivity contribution >= 4 is 43.5 Å². The van der Waals surface area contributed by atoms with E-state index in [0.29, 0.717) is 11.2 Å². The summed E-state index contributed by atoms with van der Waals surface area (Å²) in [7, 11) is 0. The third-order valence-electron chi connectivity index (χ3n) is 5.76. The molecule has 0 unspecified atom stereocenters. The lowest BCUT2D eigenvalue weighted by molar-refractivity contribution is 0.532. The van der Waals surface area contributed by atoms with Crippen LogP contribution in [0.1, 0.15) is 29.5 Å². The Hall–Kier alpha value is -2.96.